The van der Waals surface area contributed by atoms with E-state index in [9.17, 15) is 26.4 Å². The van der Waals surface area contributed by atoms with Gasteiger partial charge in [0.05, 0.1) is 11.5 Å². The van der Waals surface area contributed by atoms with E-state index >= 15 is 0 Å². The minimum absolute atomic E-state index is 0.0577. The van der Waals surface area contributed by atoms with Gasteiger partial charge in [0.25, 0.3) is 0 Å². The van der Waals surface area contributed by atoms with Crippen molar-refractivity contribution in [3.63, 3.8) is 0 Å². The summed E-state index contributed by atoms with van der Waals surface area (Å²) in [5.41, 5.74) is 0.428. The van der Waals surface area contributed by atoms with Gasteiger partial charge in [-0.3, -0.25) is 4.79 Å². The fourth-order valence-corrected chi connectivity index (χ4v) is 3.48. The number of sulfonamides is 1. The molecule has 0 heterocycles. The van der Waals surface area contributed by atoms with Crippen LogP contribution in [-0.2, 0) is 26.2 Å². The Balaban J connectivity index is 1.99. The summed E-state index contributed by atoms with van der Waals surface area (Å²) in [6.07, 6.45) is 0. The summed E-state index contributed by atoms with van der Waals surface area (Å²) < 4.78 is 78.1. The second-order valence-electron chi connectivity index (χ2n) is 5.97. The van der Waals surface area contributed by atoms with Gasteiger partial charge in [-0.15, -0.1) is 0 Å². The first-order chi connectivity index (χ1) is 14.1. The van der Waals surface area contributed by atoms with Crippen LogP contribution in [0.25, 0.3) is 0 Å². The van der Waals surface area contributed by atoms with Crippen LogP contribution in [0.3, 0.4) is 0 Å². The smallest absolute Gasteiger partial charge is 0.387 e. The highest BCUT2D eigenvalue weighted by Crippen LogP contribution is 2.30. The summed E-state index contributed by atoms with van der Waals surface area (Å²) in [4.78, 5) is 11.9. The molecule has 0 aliphatic heterocycles. The third-order valence-corrected chi connectivity index (χ3v) is 5.62. The molecule has 0 bridgehead atoms. The number of carbonyl (C=O) groups excluding carboxylic acids is 1. The third kappa shape index (κ3) is 6.36. The van der Waals surface area contributed by atoms with Crippen LogP contribution in [0.1, 0.15) is 12.5 Å². The van der Waals surface area contributed by atoms with E-state index in [-0.39, 0.29) is 29.6 Å². The van der Waals surface area contributed by atoms with E-state index in [1.165, 1.54) is 25.2 Å². The standard InChI is InChI=1S/C19H20F3NO6S/c1-3-27-17-10-13(4-9-16(17)29-19(21)22)12-28-18(24)11-23(2)30(25,26)15-7-5-14(20)6-8-15/h4-10,19H,3,11-12H2,1-2H3. The normalized spacial score (nSPS) is 11.6. The van der Waals surface area contributed by atoms with E-state index in [1.54, 1.807) is 6.92 Å². The molecule has 0 aliphatic carbocycles. The Bertz CT molecular complexity index is 967. The predicted molar refractivity (Wildman–Crippen MR) is 100 cm³/mol. The van der Waals surface area contributed by atoms with Gasteiger partial charge in [0.2, 0.25) is 10.0 Å². The van der Waals surface area contributed by atoms with Crippen molar-refractivity contribution in [2.75, 3.05) is 20.2 Å². The van der Waals surface area contributed by atoms with Crippen LogP contribution < -0.4 is 9.47 Å². The average molecular weight is 447 g/mol. The number of likely N-dealkylation sites (N-methyl/N-ethyl adjacent to an activating group) is 1. The Hall–Kier alpha value is -2.79. The second-order valence-corrected chi connectivity index (χ2v) is 8.01. The first-order valence-electron chi connectivity index (χ1n) is 8.71. The molecule has 0 atom stereocenters. The molecule has 0 N–H and O–H groups in total. The first kappa shape index (κ1) is 23.5. The highest BCUT2D eigenvalue weighted by molar-refractivity contribution is 7.89. The van der Waals surface area contributed by atoms with E-state index in [2.05, 4.69) is 4.74 Å². The molecule has 2 aromatic carbocycles. The Morgan fingerprint density at radius 3 is 2.37 bits per heavy atom. The SMILES string of the molecule is CCOc1cc(COC(=O)CN(C)S(=O)(=O)c2ccc(F)cc2)ccc1OC(F)F. The zero-order valence-electron chi connectivity index (χ0n) is 16.2. The van der Waals surface area contributed by atoms with Crippen molar-refractivity contribution in [1.29, 1.82) is 0 Å². The maximum atomic E-state index is 13.0. The third-order valence-electron chi connectivity index (χ3n) is 3.80. The number of hydrogen-bond donors (Lipinski definition) is 0. The number of benzene rings is 2. The Morgan fingerprint density at radius 2 is 1.77 bits per heavy atom. The molecule has 0 unspecified atom stereocenters. The molecule has 11 heteroatoms. The quantitative estimate of drug-likeness (QED) is 0.521. The number of alkyl halides is 2. The van der Waals surface area contributed by atoms with Crippen molar-refractivity contribution in [1.82, 2.24) is 4.31 Å². The number of rotatable bonds is 10. The van der Waals surface area contributed by atoms with E-state index < -0.39 is 35.0 Å². The average Bonchev–Trinajstić information content (AvgIpc) is 2.68. The molecule has 0 spiro atoms. The number of ether oxygens (including phenoxy) is 3. The van der Waals surface area contributed by atoms with Crippen molar-refractivity contribution in [2.45, 2.75) is 25.0 Å². The predicted octanol–water partition coefficient (Wildman–Crippen LogP) is 3.19. The molecule has 164 valence electrons. The number of hydrogen-bond acceptors (Lipinski definition) is 6. The van der Waals surface area contributed by atoms with Crippen LogP contribution in [0.5, 0.6) is 11.5 Å². The van der Waals surface area contributed by atoms with Crippen molar-refractivity contribution in [2.24, 2.45) is 0 Å². The van der Waals surface area contributed by atoms with Crippen molar-refractivity contribution in [3.8, 4) is 11.5 Å². The summed E-state index contributed by atoms with van der Waals surface area (Å²) in [5.74, 6) is -1.53. The van der Waals surface area contributed by atoms with Crippen LogP contribution >= 0.6 is 0 Å². The van der Waals surface area contributed by atoms with Crippen molar-refractivity contribution < 1.29 is 40.6 Å². The van der Waals surface area contributed by atoms with Gasteiger partial charge in [0.1, 0.15) is 19.0 Å². The lowest BCUT2D eigenvalue weighted by Crippen LogP contribution is -2.33. The maximum absolute atomic E-state index is 13.0. The second kappa shape index (κ2) is 10.3. The fourth-order valence-electron chi connectivity index (χ4n) is 2.37. The van der Waals surface area contributed by atoms with Crippen molar-refractivity contribution in [3.05, 3.63) is 53.8 Å². The number of nitrogens with zero attached hydrogens (tertiary/aromatic N) is 1. The number of carbonyl (C=O) groups is 1. The fraction of sp³-hybridized carbons (Fsp3) is 0.316. The van der Waals surface area contributed by atoms with Gasteiger partial charge < -0.3 is 14.2 Å². The van der Waals surface area contributed by atoms with E-state index in [0.29, 0.717) is 5.56 Å². The molecule has 0 amide bonds. The lowest BCUT2D eigenvalue weighted by molar-refractivity contribution is -0.144. The molecule has 30 heavy (non-hydrogen) atoms. The largest absolute Gasteiger partial charge is 0.490 e. The summed E-state index contributed by atoms with van der Waals surface area (Å²) >= 11 is 0. The summed E-state index contributed by atoms with van der Waals surface area (Å²) in [7, 11) is -2.82. The molecule has 0 saturated carbocycles. The van der Waals surface area contributed by atoms with Gasteiger partial charge in [-0.2, -0.15) is 13.1 Å². The molecule has 0 saturated heterocycles. The van der Waals surface area contributed by atoms with Crippen LogP contribution in [0.15, 0.2) is 47.4 Å². The molecule has 0 aromatic heterocycles. The van der Waals surface area contributed by atoms with Gasteiger partial charge in [-0.1, -0.05) is 6.07 Å². The summed E-state index contributed by atoms with van der Waals surface area (Å²) in [5, 5.41) is 0. The first-order valence-corrected chi connectivity index (χ1v) is 10.2. The Kier molecular flexibility index (Phi) is 8.07. The molecule has 7 nitrogen and oxygen atoms in total. The molecule has 2 rings (SSSR count). The van der Waals surface area contributed by atoms with Crippen LogP contribution in [0.2, 0.25) is 0 Å². The van der Waals surface area contributed by atoms with Crippen LogP contribution in [0, 0.1) is 5.82 Å². The molecule has 0 fully saturated rings. The zero-order valence-corrected chi connectivity index (χ0v) is 17.0. The van der Waals surface area contributed by atoms with Gasteiger partial charge in [0, 0.05) is 7.05 Å². The summed E-state index contributed by atoms with van der Waals surface area (Å²) in [6, 6.07) is 8.22. The van der Waals surface area contributed by atoms with Crippen molar-refractivity contribution >= 4 is 16.0 Å². The van der Waals surface area contributed by atoms with Crippen LogP contribution in [0.4, 0.5) is 13.2 Å². The van der Waals surface area contributed by atoms with Gasteiger partial charge in [-0.25, -0.2) is 12.8 Å². The van der Waals surface area contributed by atoms with Gasteiger partial charge in [-0.05, 0) is 48.9 Å². The maximum Gasteiger partial charge on any atom is 0.387 e. The molecular weight excluding hydrogens is 427 g/mol. The highest BCUT2D eigenvalue weighted by Gasteiger charge is 2.23. The summed E-state index contributed by atoms with van der Waals surface area (Å²) in [6.45, 7) is -1.97. The lowest BCUT2D eigenvalue weighted by atomic mass is 10.2. The molecule has 2 aromatic rings. The minimum atomic E-state index is -4.01. The zero-order chi connectivity index (χ0) is 22.3. The highest BCUT2D eigenvalue weighted by atomic mass is 32.2. The number of halogens is 3. The van der Waals surface area contributed by atoms with E-state index in [4.69, 9.17) is 9.47 Å². The van der Waals surface area contributed by atoms with E-state index in [0.717, 1.165) is 28.6 Å². The van der Waals surface area contributed by atoms with Gasteiger partial charge >= 0.3 is 12.6 Å². The van der Waals surface area contributed by atoms with Crippen LogP contribution in [-0.4, -0.2) is 45.5 Å². The topological polar surface area (TPSA) is 82.1 Å². The van der Waals surface area contributed by atoms with E-state index in [1.807, 2.05) is 0 Å². The monoisotopic (exact) mass is 447 g/mol. The number of esters is 1. The molecular formula is C19H20F3NO6S. The molecule has 0 aliphatic rings. The van der Waals surface area contributed by atoms with Gasteiger partial charge in [0.15, 0.2) is 11.5 Å². The lowest BCUT2D eigenvalue weighted by Gasteiger charge is -2.17. The molecule has 0 radical (unpaired) electrons. The Morgan fingerprint density at radius 1 is 1.10 bits per heavy atom. The Labute approximate surface area is 172 Å². The minimum Gasteiger partial charge on any atom is -0.490 e.